The Morgan fingerprint density at radius 3 is 2.63 bits per heavy atom. The van der Waals surface area contributed by atoms with Gasteiger partial charge in [0.2, 0.25) is 10.0 Å². The van der Waals surface area contributed by atoms with Crippen molar-refractivity contribution in [2.75, 3.05) is 25.6 Å². The van der Waals surface area contributed by atoms with E-state index in [2.05, 4.69) is 26.0 Å². The van der Waals surface area contributed by atoms with E-state index in [-0.39, 0.29) is 0 Å². The van der Waals surface area contributed by atoms with Gasteiger partial charge in [0.15, 0.2) is 0 Å². The molecule has 1 aromatic carbocycles. The third-order valence-corrected chi connectivity index (χ3v) is 5.65. The Morgan fingerprint density at radius 2 is 2.05 bits per heavy atom. The van der Waals surface area contributed by atoms with Gasteiger partial charge in [-0.25, -0.2) is 13.1 Å². The predicted octanol–water partition coefficient (Wildman–Crippen LogP) is 2.12. The largest absolute Gasteiger partial charge is 0.316 e. The van der Waals surface area contributed by atoms with Gasteiger partial charge in [0.05, 0.1) is 4.90 Å². The summed E-state index contributed by atoms with van der Waals surface area (Å²) in [6.07, 6.45) is 1.95. The van der Waals surface area contributed by atoms with Gasteiger partial charge in [0, 0.05) is 23.3 Å². The highest BCUT2D eigenvalue weighted by molar-refractivity contribution is 9.10. The van der Waals surface area contributed by atoms with Gasteiger partial charge < -0.3 is 5.32 Å². The topological polar surface area (TPSA) is 58.2 Å². The Labute approximate surface area is 127 Å². The SMILES string of the molecule is CNCc1cc(Br)c(C)c(S(=O)(=O)NCCSC)c1. The van der Waals surface area contributed by atoms with Crippen LogP contribution < -0.4 is 10.0 Å². The molecule has 0 heterocycles. The maximum Gasteiger partial charge on any atom is 0.240 e. The van der Waals surface area contributed by atoms with Crippen LogP contribution in [0.4, 0.5) is 0 Å². The van der Waals surface area contributed by atoms with Crippen LogP contribution in [0.5, 0.6) is 0 Å². The van der Waals surface area contributed by atoms with Crippen molar-refractivity contribution in [3.05, 3.63) is 27.7 Å². The molecule has 1 rings (SSSR count). The van der Waals surface area contributed by atoms with Crippen molar-refractivity contribution in [1.82, 2.24) is 10.0 Å². The van der Waals surface area contributed by atoms with Crippen molar-refractivity contribution in [3.63, 3.8) is 0 Å². The highest BCUT2D eigenvalue weighted by Crippen LogP contribution is 2.25. The zero-order chi connectivity index (χ0) is 14.5. The van der Waals surface area contributed by atoms with Crippen LogP contribution in [0.3, 0.4) is 0 Å². The van der Waals surface area contributed by atoms with Crippen molar-refractivity contribution < 1.29 is 8.42 Å². The van der Waals surface area contributed by atoms with Crippen LogP contribution in [-0.2, 0) is 16.6 Å². The van der Waals surface area contributed by atoms with Crippen molar-refractivity contribution in [2.45, 2.75) is 18.4 Å². The molecule has 108 valence electrons. The van der Waals surface area contributed by atoms with Crippen LogP contribution >= 0.6 is 27.7 Å². The zero-order valence-corrected chi connectivity index (χ0v) is 14.5. The summed E-state index contributed by atoms with van der Waals surface area (Å²) < 4.78 is 28.0. The summed E-state index contributed by atoms with van der Waals surface area (Å²) in [6.45, 7) is 2.87. The van der Waals surface area contributed by atoms with E-state index in [0.717, 1.165) is 21.4 Å². The summed E-state index contributed by atoms with van der Waals surface area (Å²) in [7, 11) is -1.62. The van der Waals surface area contributed by atoms with E-state index in [1.165, 1.54) is 0 Å². The highest BCUT2D eigenvalue weighted by atomic mass is 79.9. The second kappa shape index (κ2) is 7.64. The van der Waals surface area contributed by atoms with Gasteiger partial charge in [-0.2, -0.15) is 11.8 Å². The Kier molecular flexibility index (Phi) is 6.82. The standard InChI is InChI=1S/C12H19BrN2O2S2/c1-9-11(13)6-10(8-14-2)7-12(9)19(16,17)15-4-5-18-3/h6-7,14-15H,4-5,8H2,1-3H3. The van der Waals surface area contributed by atoms with Gasteiger partial charge in [-0.3, -0.25) is 0 Å². The average Bonchev–Trinajstić information content (AvgIpc) is 2.34. The predicted molar refractivity (Wildman–Crippen MR) is 85.2 cm³/mol. The van der Waals surface area contributed by atoms with Gasteiger partial charge in [-0.1, -0.05) is 15.9 Å². The second-order valence-corrected chi connectivity index (χ2v) is 7.70. The normalized spacial score (nSPS) is 11.8. The quantitative estimate of drug-likeness (QED) is 0.725. The first-order valence-corrected chi connectivity index (χ1v) is 9.51. The summed E-state index contributed by atoms with van der Waals surface area (Å²) >= 11 is 5.03. The Morgan fingerprint density at radius 1 is 1.37 bits per heavy atom. The molecular weight excluding hydrogens is 348 g/mol. The minimum Gasteiger partial charge on any atom is -0.316 e. The molecule has 4 nitrogen and oxygen atoms in total. The molecule has 0 unspecified atom stereocenters. The van der Waals surface area contributed by atoms with E-state index < -0.39 is 10.0 Å². The van der Waals surface area contributed by atoms with Gasteiger partial charge in [0.1, 0.15) is 0 Å². The molecule has 0 aliphatic carbocycles. The lowest BCUT2D eigenvalue weighted by atomic mass is 10.1. The van der Waals surface area contributed by atoms with Gasteiger partial charge in [0.25, 0.3) is 0 Å². The molecule has 0 saturated carbocycles. The van der Waals surface area contributed by atoms with E-state index in [1.54, 1.807) is 24.8 Å². The van der Waals surface area contributed by atoms with Gasteiger partial charge in [-0.05, 0) is 43.5 Å². The average molecular weight is 367 g/mol. The first-order chi connectivity index (χ1) is 8.92. The molecule has 0 saturated heterocycles. The van der Waals surface area contributed by atoms with Gasteiger partial charge >= 0.3 is 0 Å². The van der Waals surface area contributed by atoms with Crippen molar-refractivity contribution in [2.24, 2.45) is 0 Å². The molecule has 0 amide bonds. The molecule has 0 aliphatic rings. The van der Waals surface area contributed by atoms with Crippen molar-refractivity contribution in [1.29, 1.82) is 0 Å². The van der Waals surface area contributed by atoms with E-state index in [1.807, 2.05) is 19.4 Å². The van der Waals surface area contributed by atoms with Crippen molar-refractivity contribution >= 4 is 37.7 Å². The number of halogens is 1. The molecule has 0 fully saturated rings. The molecule has 1 aromatic rings. The summed E-state index contributed by atoms with van der Waals surface area (Å²) in [6, 6.07) is 3.66. The zero-order valence-electron chi connectivity index (χ0n) is 11.3. The Hall–Kier alpha value is -0.0800. The minimum atomic E-state index is -3.45. The molecular formula is C12H19BrN2O2S2. The first kappa shape index (κ1) is 17.0. The molecule has 0 atom stereocenters. The monoisotopic (exact) mass is 366 g/mol. The fraction of sp³-hybridized carbons (Fsp3) is 0.500. The molecule has 0 radical (unpaired) electrons. The number of rotatable bonds is 7. The summed E-state index contributed by atoms with van der Waals surface area (Å²) in [5.41, 5.74) is 1.67. The molecule has 0 spiro atoms. The summed E-state index contributed by atoms with van der Waals surface area (Å²) in [4.78, 5) is 0.341. The molecule has 19 heavy (non-hydrogen) atoms. The lowest BCUT2D eigenvalue weighted by molar-refractivity contribution is 0.583. The maximum absolute atomic E-state index is 12.3. The van der Waals surface area contributed by atoms with Crippen LogP contribution in [0.2, 0.25) is 0 Å². The smallest absolute Gasteiger partial charge is 0.240 e. The number of benzene rings is 1. The number of hydrogen-bond acceptors (Lipinski definition) is 4. The number of hydrogen-bond donors (Lipinski definition) is 2. The number of thioether (sulfide) groups is 1. The lowest BCUT2D eigenvalue weighted by Crippen LogP contribution is -2.27. The first-order valence-electron chi connectivity index (χ1n) is 5.84. The van der Waals surface area contributed by atoms with Crippen LogP contribution in [-0.4, -0.2) is 34.0 Å². The third-order valence-electron chi connectivity index (χ3n) is 2.63. The van der Waals surface area contributed by atoms with Crippen LogP contribution in [0.15, 0.2) is 21.5 Å². The highest BCUT2D eigenvalue weighted by Gasteiger charge is 2.18. The number of sulfonamides is 1. The molecule has 7 heteroatoms. The van der Waals surface area contributed by atoms with E-state index in [9.17, 15) is 8.42 Å². The van der Waals surface area contributed by atoms with Crippen LogP contribution in [0.1, 0.15) is 11.1 Å². The summed E-state index contributed by atoms with van der Waals surface area (Å²) in [5.74, 6) is 0.760. The number of nitrogens with one attached hydrogen (secondary N) is 2. The summed E-state index contributed by atoms with van der Waals surface area (Å²) in [5, 5.41) is 3.02. The lowest BCUT2D eigenvalue weighted by Gasteiger charge is -2.12. The molecule has 0 bridgehead atoms. The Balaban J connectivity index is 3.10. The molecule has 2 N–H and O–H groups in total. The molecule has 0 aliphatic heterocycles. The maximum atomic E-state index is 12.3. The Bertz CT molecular complexity index is 533. The van der Waals surface area contributed by atoms with E-state index in [4.69, 9.17) is 0 Å². The van der Waals surface area contributed by atoms with E-state index in [0.29, 0.717) is 18.0 Å². The van der Waals surface area contributed by atoms with Crippen LogP contribution in [0, 0.1) is 6.92 Å². The fourth-order valence-corrected chi connectivity index (χ4v) is 4.07. The molecule has 0 aromatic heterocycles. The minimum absolute atomic E-state index is 0.341. The second-order valence-electron chi connectivity index (χ2n) is 4.12. The fourth-order valence-electron chi connectivity index (χ4n) is 1.65. The van der Waals surface area contributed by atoms with Gasteiger partial charge in [-0.15, -0.1) is 0 Å². The van der Waals surface area contributed by atoms with Crippen molar-refractivity contribution in [3.8, 4) is 0 Å². The third kappa shape index (κ3) is 4.75. The van der Waals surface area contributed by atoms with Crippen LogP contribution in [0.25, 0.3) is 0 Å². The van der Waals surface area contributed by atoms with E-state index >= 15 is 0 Å².